The molecule has 0 amide bonds. The lowest BCUT2D eigenvalue weighted by molar-refractivity contribution is 0.0394. The standard InChI is InChI=1S/C19H31N5O2/c1-2-20-19(21-7-8-22-13-15-26-16-14-22)24-11-9-23(10-12-24)17-5-3-4-6-18(17)25/h3-6,25H,2,7-16H2,1H3,(H,20,21). The van der Waals surface area contributed by atoms with Gasteiger partial charge in [0.25, 0.3) is 0 Å². The summed E-state index contributed by atoms with van der Waals surface area (Å²) in [6.07, 6.45) is 0. The highest BCUT2D eigenvalue weighted by molar-refractivity contribution is 5.80. The molecule has 0 atom stereocenters. The molecular weight excluding hydrogens is 330 g/mol. The van der Waals surface area contributed by atoms with Gasteiger partial charge in [-0.05, 0) is 19.1 Å². The van der Waals surface area contributed by atoms with Crippen LogP contribution in [0.2, 0.25) is 0 Å². The predicted octanol–water partition coefficient (Wildman–Crippen LogP) is 0.812. The lowest BCUT2D eigenvalue weighted by atomic mass is 10.2. The number of piperazine rings is 1. The Hall–Kier alpha value is -1.99. The van der Waals surface area contributed by atoms with Crippen LogP contribution in [-0.2, 0) is 4.74 Å². The van der Waals surface area contributed by atoms with Gasteiger partial charge < -0.3 is 25.0 Å². The van der Waals surface area contributed by atoms with Gasteiger partial charge in [-0.2, -0.15) is 0 Å². The van der Waals surface area contributed by atoms with Gasteiger partial charge in [-0.3, -0.25) is 9.89 Å². The van der Waals surface area contributed by atoms with E-state index in [0.29, 0.717) is 5.75 Å². The molecule has 1 aromatic rings. The van der Waals surface area contributed by atoms with Crippen LogP contribution in [0.3, 0.4) is 0 Å². The van der Waals surface area contributed by atoms with Gasteiger partial charge in [0.1, 0.15) is 5.75 Å². The van der Waals surface area contributed by atoms with Gasteiger partial charge in [-0.25, -0.2) is 0 Å². The van der Waals surface area contributed by atoms with Gasteiger partial charge in [0.05, 0.1) is 25.4 Å². The van der Waals surface area contributed by atoms with Crippen molar-refractivity contribution >= 4 is 11.6 Å². The van der Waals surface area contributed by atoms with Crippen LogP contribution in [0.25, 0.3) is 0 Å². The molecule has 7 heteroatoms. The molecule has 0 aliphatic carbocycles. The van der Waals surface area contributed by atoms with Crippen molar-refractivity contribution in [2.24, 2.45) is 4.99 Å². The smallest absolute Gasteiger partial charge is 0.194 e. The Kier molecular flexibility index (Phi) is 6.96. The molecule has 0 unspecified atom stereocenters. The van der Waals surface area contributed by atoms with Crippen LogP contribution in [0, 0.1) is 0 Å². The third-order valence-corrected chi connectivity index (χ3v) is 4.92. The number of anilines is 1. The zero-order valence-electron chi connectivity index (χ0n) is 15.7. The van der Waals surface area contributed by atoms with E-state index in [2.05, 4.69) is 26.9 Å². The SMILES string of the molecule is CCNC(=NCCN1CCOCC1)N1CCN(c2ccccc2O)CC1. The zero-order valence-corrected chi connectivity index (χ0v) is 15.7. The summed E-state index contributed by atoms with van der Waals surface area (Å²) < 4.78 is 5.40. The van der Waals surface area contributed by atoms with Crippen LogP contribution >= 0.6 is 0 Å². The first-order valence-electron chi connectivity index (χ1n) is 9.64. The average Bonchev–Trinajstić information content (AvgIpc) is 2.69. The Morgan fingerprint density at radius 3 is 2.54 bits per heavy atom. The summed E-state index contributed by atoms with van der Waals surface area (Å²) in [5, 5.41) is 13.5. The fraction of sp³-hybridized carbons (Fsp3) is 0.632. The van der Waals surface area contributed by atoms with E-state index in [0.717, 1.165) is 83.8 Å². The third-order valence-electron chi connectivity index (χ3n) is 4.92. The minimum absolute atomic E-state index is 0.354. The summed E-state index contributed by atoms with van der Waals surface area (Å²) in [4.78, 5) is 11.8. The molecule has 26 heavy (non-hydrogen) atoms. The first-order chi connectivity index (χ1) is 12.8. The number of benzene rings is 1. The normalized spacial score (nSPS) is 19.7. The van der Waals surface area contributed by atoms with Crippen molar-refractivity contribution in [1.29, 1.82) is 0 Å². The van der Waals surface area contributed by atoms with Gasteiger partial charge in [-0.15, -0.1) is 0 Å². The Bertz CT molecular complexity index is 581. The van der Waals surface area contributed by atoms with Crippen LogP contribution < -0.4 is 10.2 Å². The Balaban J connectivity index is 1.52. The molecule has 0 spiro atoms. The number of nitrogens with one attached hydrogen (secondary N) is 1. The maximum absolute atomic E-state index is 10.1. The summed E-state index contributed by atoms with van der Waals surface area (Å²) in [6, 6.07) is 7.56. The molecule has 0 bridgehead atoms. The first-order valence-corrected chi connectivity index (χ1v) is 9.64. The molecule has 2 aliphatic heterocycles. The second-order valence-electron chi connectivity index (χ2n) is 6.65. The summed E-state index contributed by atoms with van der Waals surface area (Å²) in [5.74, 6) is 1.35. The number of rotatable bonds is 5. The van der Waals surface area contributed by atoms with Crippen LogP contribution in [0.5, 0.6) is 5.75 Å². The molecule has 2 N–H and O–H groups in total. The van der Waals surface area contributed by atoms with E-state index in [9.17, 15) is 5.11 Å². The van der Waals surface area contributed by atoms with E-state index in [1.807, 2.05) is 18.2 Å². The van der Waals surface area contributed by atoms with E-state index >= 15 is 0 Å². The average molecular weight is 361 g/mol. The molecular formula is C19H31N5O2. The van der Waals surface area contributed by atoms with Crippen molar-refractivity contribution in [3.8, 4) is 5.75 Å². The molecule has 0 radical (unpaired) electrons. The molecule has 2 aliphatic rings. The molecule has 3 rings (SSSR count). The number of guanidine groups is 1. The number of aliphatic imine (C=N–C) groups is 1. The first kappa shape index (κ1) is 18.8. The van der Waals surface area contributed by atoms with Crippen molar-refractivity contribution in [2.75, 3.05) is 77.0 Å². The molecule has 2 fully saturated rings. The maximum Gasteiger partial charge on any atom is 0.194 e. The lowest BCUT2D eigenvalue weighted by Crippen LogP contribution is -2.52. The monoisotopic (exact) mass is 361 g/mol. The molecule has 0 aromatic heterocycles. The number of aromatic hydroxyl groups is 1. The predicted molar refractivity (Wildman–Crippen MR) is 105 cm³/mol. The number of ether oxygens (including phenoxy) is 1. The Labute approximate surface area is 156 Å². The van der Waals surface area contributed by atoms with E-state index < -0.39 is 0 Å². The summed E-state index contributed by atoms with van der Waals surface area (Å²) in [6.45, 7) is 12.0. The molecule has 2 heterocycles. The summed E-state index contributed by atoms with van der Waals surface area (Å²) in [5.41, 5.74) is 0.918. The third kappa shape index (κ3) is 5.02. The van der Waals surface area contributed by atoms with Crippen molar-refractivity contribution in [2.45, 2.75) is 6.92 Å². The molecule has 144 valence electrons. The van der Waals surface area contributed by atoms with Crippen molar-refractivity contribution in [1.82, 2.24) is 15.1 Å². The van der Waals surface area contributed by atoms with Gasteiger partial charge >= 0.3 is 0 Å². The van der Waals surface area contributed by atoms with Crippen LogP contribution in [0.4, 0.5) is 5.69 Å². The Morgan fingerprint density at radius 1 is 1.12 bits per heavy atom. The van der Waals surface area contributed by atoms with Crippen LogP contribution in [0.15, 0.2) is 29.3 Å². The Morgan fingerprint density at radius 2 is 1.85 bits per heavy atom. The fourth-order valence-electron chi connectivity index (χ4n) is 3.44. The van der Waals surface area contributed by atoms with Gasteiger partial charge in [-0.1, -0.05) is 12.1 Å². The number of hydrogen-bond acceptors (Lipinski definition) is 5. The van der Waals surface area contributed by atoms with Crippen LogP contribution in [0.1, 0.15) is 6.92 Å². The van der Waals surface area contributed by atoms with Gasteiger partial charge in [0.2, 0.25) is 0 Å². The summed E-state index contributed by atoms with van der Waals surface area (Å²) in [7, 11) is 0. The van der Waals surface area contributed by atoms with Crippen LogP contribution in [-0.4, -0.2) is 93.0 Å². The number of para-hydroxylation sites is 2. The molecule has 7 nitrogen and oxygen atoms in total. The number of hydrogen-bond donors (Lipinski definition) is 2. The molecule has 1 aromatic carbocycles. The molecule has 0 saturated carbocycles. The van der Waals surface area contributed by atoms with E-state index in [4.69, 9.17) is 9.73 Å². The summed E-state index contributed by atoms with van der Waals surface area (Å²) >= 11 is 0. The highest BCUT2D eigenvalue weighted by Gasteiger charge is 2.21. The van der Waals surface area contributed by atoms with E-state index in [1.54, 1.807) is 6.07 Å². The number of morpholine rings is 1. The molecule has 2 saturated heterocycles. The maximum atomic E-state index is 10.1. The number of phenols is 1. The van der Waals surface area contributed by atoms with Crippen molar-refractivity contribution < 1.29 is 9.84 Å². The zero-order chi connectivity index (χ0) is 18.2. The topological polar surface area (TPSA) is 63.6 Å². The highest BCUT2D eigenvalue weighted by atomic mass is 16.5. The minimum Gasteiger partial charge on any atom is -0.506 e. The second kappa shape index (κ2) is 9.64. The largest absolute Gasteiger partial charge is 0.506 e. The van der Waals surface area contributed by atoms with Gasteiger partial charge in [0, 0.05) is 52.4 Å². The minimum atomic E-state index is 0.354. The quantitative estimate of drug-likeness (QED) is 0.598. The number of phenolic OH excluding ortho intramolecular Hbond substituents is 1. The van der Waals surface area contributed by atoms with E-state index in [-0.39, 0.29) is 0 Å². The van der Waals surface area contributed by atoms with Gasteiger partial charge in [0.15, 0.2) is 5.96 Å². The fourth-order valence-corrected chi connectivity index (χ4v) is 3.44. The second-order valence-corrected chi connectivity index (χ2v) is 6.65. The number of nitrogens with zero attached hydrogens (tertiary/aromatic N) is 4. The highest BCUT2D eigenvalue weighted by Crippen LogP contribution is 2.27. The van der Waals surface area contributed by atoms with Crippen molar-refractivity contribution in [3.05, 3.63) is 24.3 Å². The lowest BCUT2D eigenvalue weighted by Gasteiger charge is -2.38. The van der Waals surface area contributed by atoms with E-state index in [1.165, 1.54) is 0 Å². The van der Waals surface area contributed by atoms with Crippen molar-refractivity contribution in [3.63, 3.8) is 0 Å².